The predicted molar refractivity (Wildman–Crippen MR) is 92.4 cm³/mol. The van der Waals surface area contributed by atoms with Crippen LogP contribution in [0.1, 0.15) is 16.7 Å². The first kappa shape index (κ1) is 20.4. The van der Waals surface area contributed by atoms with Gasteiger partial charge in [0.25, 0.3) is 0 Å². The second-order valence-electron chi connectivity index (χ2n) is 5.90. The first-order valence-corrected chi connectivity index (χ1v) is 8.12. The van der Waals surface area contributed by atoms with Crippen LogP contribution in [0, 0.1) is 0 Å². The Morgan fingerprint density at radius 1 is 1.00 bits per heavy atom. The lowest BCUT2D eigenvalue weighted by Crippen LogP contribution is -2.47. The summed E-state index contributed by atoms with van der Waals surface area (Å²) in [6.45, 7) is -0.0416. The van der Waals surface area contributed by atoms with Crippen LogP contribution in [0.2, 0.25) is 0 Å². The molecule has 1 atom stereocenters. The Hall–Kier alpha value is -2.87. The van der Waals surface area contributed by atoms with Crippen LogP contribution in [0.5, 0.6) is 0 Å². The van der Waals surface area contributed by atoms with E-state index < -0.39 is 29.6 Å². The minimum Gasteiger partial charge on any atom is -0.368 e. The smallest absolute Gasteiger partial charge is 0.368 e. The number of amides is 2. The lowest BCUT2D eigenvalue weighted by molar-refractivity contribution is -0.137. The molecule has 2 aromatic rings. The van der Waals surface area contributed by atoms with Crippen LogP contribution in [0.15, 0.2) is 54.6 Å². The fraction of sp³-hybridized carbons (Fsp3) is 0.263. The molecule has 0 aromatic heterocycles. The molecular formula is C19H19F3N2O3. The van der Waals surface area contributed by atoms with Gasteiger partial charge in [-0.1, -0.05) is 42.5 Å². The number of primary amides is 1. The number of benzene rings is 2. The van der Waals surface area contributed by atoms with Crippen molar-refractivity contribution in [2.45, 2.75) is 25.2 Å². The summed E-state index contributed by atoms with van der Waals surface area (Å²) in [5.74, 6) is -1.33. The first-order valence-electron chi connectivity index (χ1n) is 8.12. The number of hydrogen-bond acceptors (Lipinski definition) is 3. The molecule has 5 nitrogen and oxygen atoms in total. The normalized spacial score (nSPS) is 12.4. The summed E-state index contributed by atoms with van der Waals surface area (Å²) in [7, 11) is 0. The summed E-state index contributed by atoms with van der Waals surface area (Å²) in [5.41, 5.74) is 5.82. The van der Waals surface area contributed by atoms with Gasteiger partial charge in [0.1, 0.15) is 12.6 Å². The average molecular weight is 380 g/mol. The van der Waals surface area contributed by atoms with Crippen LogP contribution in [0.25, 0.3) is 0 Å². The number of rotatable bonds is 8. The van der Waals surface area contributed by atoms with Crippen LogP contribution in [0.3, 0.4) is 0 Å². The van der Waals surface area contributed by atoms with Gasteiger partial charge in [-0.3, -0.25) is 9.59 Å². The predicted octanol–water partition coefficient (Wildman–Crippen LogP) is 2.43. The molecule has 144 valence electrons. The lowest BCUT2D eigenvalue weighted by atomic mass is 10.0. The summed E-state index contributed by atoms with van der Waals surface area (Å²) >= 11 is 0. The molecule has 2 amide bonds. The van der Waals surface area contributed by atoms with Gasteiger partial charge in [0.15, 0.2) is 0 Å². The van der Waals surface area contributed by atoms with E-state index in [0.717, 1.165) is 17.7 Å². The van der Waals surface area contributed by atoms with E-state index in [-0.39, 0.29) is 19.6 Å². The minimum atomic E-state index is -4.44. The summed E-state index contributed by atoms with van der Waals surface area (Å²) in [4.78, 5) is 23.5. The number of ether oxygens (including phenoxy) is 1. The fourth-order valence-corrected chi connectivity index (χ4v) is 2.36. The minimum absolute atomic E-state index is 0.0160. The molecule has 2 rings (SSSR count). The molecule has 0 bridgehead atoms. The van der Waals surface area contributed by atoms with Crippen molar-refractivity contribution in [1.82, 2.24) is 5.32 Å². The molecule has 0 heterocycles. The zero-order chi connectivity index (χ0) is 19.9. The van der Waals surface area contributed by atoms with Crippen LogP contribution in [-0.4, -0.2) is 24.5 Å². The number of alkyl halides is 3. The Bertz CT molecular complexity index is 762. The maximum absolute atomic E-state index is 12.6. The summed E-state index contributed by atoms with van der Waals surface area (Å²) in [5, 5.41) is 2.44. The maximum Gasteiger partial charge on any atom is 0.416 e. The van der Waals surface area contributed by atoms with E-state index in [1.807, 2.05) is 30.3 Å². The van der Waals surface area contributed by atoms with Gasteiger partial charge >= 0.3 is 6.18 Å². The van der Waals surface area contributed by atoms with Crippen LogP contribution < -0.4 is 11.1 Å². The Balaban J connectivity index is 1.87. The summed E-state index contributed by atoms with van der Waals surface area (Å²) < 4.78 is 43.0. The molecule has 0 aliphatic rings. The number of hydrogen-bond donors (Lipinski definition) is 2. The van der Waals surface area contributed by atoms with Crippen LogP contribution in [-0.2, 0) is 33.5 Å². The second kappa shape index (κ2) is 9.18. The topological polar surface area (TPSA) is 81.4 Å². The quantitative estimate of drug-likeness (QED) is 0.738. The van der Waals surface area contributed by atoms with E-state index >= 15 is 0 Å². The monoisotopic (exact) mass is 380 g/mol. The molecule has 0 saturated carbocycles. The summed E-state index contributed by atoms with van der Waals surface area (Å²) in [6, 6.07) is 12.5. The largest absolute Gasteiger partial charge is 0.416 e. The van der Waals surface area contributed by atoms with E-state index in [9.17, 15) is 22.8 Å². The van der Waals surface area contributed by atoms with E-state index in [1.54, 1.807) is 0 Å². The third kappa shape index (κ3) is 6.74. The van der Waals surface area contributed by atoms with E-state index in [1.165, 1.54) is 12.1 Å². The third-order valence-electron chi connectivity index (χ3n) is 3.74. The van der Waals surface area contributed by atoms with Crippen molar-refractivity contribution in [3.63, 3.8) is 0 Å². The Morgan fingerprint density at radius 2 is 1.63 bits per heavy atom. The Morgan fingerprint density at radius 3 is 2.19 bits per heavy atom. The standard InChI is InChI=1S/C19H19F3N2O3/c20-19(21,22)15-8-6-13(7-9-15)10-16(18(23)26)24-17(25)12-27-11-14-4-2-1-3-5-14/h1-9,16H,10-12H2,(H2,23,26)(H,24,25)/t16-/m1/s1. The van der Waals surface area contributed by atoms with Gasteiger partial charge in [0, 0.05) is 6.42 Å². The Kier molecular flexibility index (Phi) is 6.95. The van der Waals surface area contributed by atoms with E-state index in [4.69, 9.17) is 10.5 Å². The molecular weight excluding hydrogens is 361 g/mol. The van der Waals surface area contributed by atoms with Gasteiger partial charge in [0.05, 0.1) is 12.2 Å². The fourth-order valence-electron chi connectivity index (χ4n) is 2.36. The van der Waals surface area contributed by atoms with Gasteiger partial charge in [-0.15, -0.1) is 0 Å². The maximum atomic E-state index is 12.6. The first-order chi connectivity index (χ1) is 12.8. The van der Waals surface area contributed by atoms with Crippen LogP contribution in [0.4, 0.5) is 13.2 Å². The zero-order valence-electron chi connectivity index (χ0n) is 14.3. The van der Waals surface area contributed by atoms with Crippen molar-refractivity contribution in [2.75, 3.05) is 6.61 Å². The van der Waals surface area contributed by atoms with Crippen molar-refractivity contribution >= 4 is 11.8 Å². The highest BCUT2D eigenvalue weighted by Crippen LogP contribution is 2.29. The average Bonchev–Trinajstić information content (AvgIpc) is 2.61. The molecule has 3 N–H and O–H groups in total. The third-order valence-corrected chi connectivity index (χ3v) is 3.74. The highest BCUT2D eigenvalue weighted by atomic mass is 19.4. The number of nitrogens with two attached hydrogens (primary N) is 1. The van der Waals surface area contributed by atoms with E-state index in [0.29, 0.717) is 5.56 Å². The van der Waals surface area contributed by atoms with Crippen molar-refractivity contribution in [1.29, 1.82) is 0 Å². The highest BCUT2D eigenvalue weighted by molar-refractivity contribution is 5.87. The number of nitrogens with one attached hydrogen (secondary N) is 1. The van der Waals surface area contributed by atoms with Gasteiger partial charge in [0.2, 0.25) is 11.8 Å². The Labute approximate surface area is 154 Å². The molecule has 0 spiro atoms. The van der Waals surface area contributed by atoms with Gasteiger partial charge in [-0.2, -0.15) is 13.2 Å². The highest BCUT2D eigenvalue weighted by Gasteiger charge is 2.30. The molecule has 0 unspecified atom stereocenters. The molecule has 0 fully saturated rings. The number of carbonyl (C=O) groups is 2. The number of carbonyl (C=O) groups excluding carboxylic acids is 2. The molecule has 0 aliphatic heterocycles. The van der Waals surface area contributed by atoms with Gasteiger partial charge in [-0.05, 0) is 23.3 Å². The summed E-state index contributed by atoms with van der Waals surface area (Å²) in [6.07, 6.45) is -4.45. The molecule has 2 aromatic carbocycles. The van der Waals surface area contributed by atoms with Gasteiger partial charge in [-0.25, -0.2) is 0 Å². The molecule has 27 heavy (non-hydrogen) atoms. The SMILES string of the molecule is NC(=O)[C@@H](Cc1ccc(C(F)(F)F)cc1)NC(=O)COCc1ccccc1. The zero-order valence-corrected chi connectivity index (χ0v) is 14.3. The molecule has 0 saturated heterocycles. The van der Waals surface area contributed by atoms with Gasteiger partial charge < -0.3 is 15.8 Å². The van der Waals surface area contributed by atoms with Crippen molar-refractivity contribution in [3.05, 3.63) is 71.3 Å². The van der Waals surface area contributed by atoms with E-state index in [2.05, 4.69) is 5.32 Å². The second-order valence-corrected chi connectivity index (χ2v) is 5.90. The lowest BCUT2D eigenvalue weighted by Gasteiger charge is -2.16. The molecule has 8 heteroatoms. The van der Waals surface area contributed by atoms with Crippen molar-refractivity contribution in [2.24, 2.45) is 5.73 Å². The molecule has 0 radical (unpaired) electrons. The van der Waals surface area contributed by atoms with Crippen LogP contribution >= 0.6 is 0 Å². The van der Waals surface area contributed by atoms with Crippen molar-refractivity contribution < 1.29 is 27.5 Å². The van der Waals surface area contributed by atoms with Crippen molar-refractivity contribution in [3.8, 4) is 0 Å². The number of halogens is 3. The molecule has 0 aliphatic carbocycles.